The topological polar surface area (TPSA) is 75.2 Å². The average Bonchev–Trinajstić information content (AvgIpc) is 2.51. The van der Waals surface area contributed by atoms with Crippen LogP contribution in [0.3, 0.4) is 0 Å². The molecule has 8 heteroatoms. The molecule has 2 radical (unpaired) electrons. The zero-order chi connectivity index (χ0) is 15.0. The van der Waals surface area contributed by atoms with E-state index in [1.165, 1.54) is 16.6 Å². The molecule has 1 aromatic carbocycles. The van der Waals surface area contributed by atoms with Crippen molar-refractivity contribution in [2.75, 3.05) is 16.1 Å². The molecule has 0 saturated carbocycles. The lowest BCUT2D eigenvalue weighted by Gasteiger charge is -2.30. The molecule has 0 aliphatic carbocycles. The molecule has 0 saturated heterocycles. The standard InChI is InChI=1S/C13H11BN4O2S/c1-2-7-18-10-6-4-3-5-9(10)12-11(21(18,19)20)8-15-13(16-12)17-14/h2-6,8H,1,7H2,(H,15,16,17). The van der Waals surface area contributed by atoms with Gasteiger partial charge in [-0.2, -0.15) is 0 Å². The van der Waals surface area contributed by atoms with Crippen LogP contribution in [0.1, 0.15) is 0 Å². The Bertz CT molecular complexity index is 823. The number of anilines is 2. The fourth-order valence-corrected chi connectivity index (χ4v) is 3.82. The second-order valence-corrected chi connectivity index (χ2v) is 6.22. The Morgan fingerprint density at radius 1 is 1.38 bits per heavy atom. The second kappa shape index (κ2) is 4.89. The van der Waals surface area contributed by atoms with Crippen molar-refractivity contribution in [2.45, 2.75) is 4.90 Å². The summed E-state index contributed by atoms with van der Waals surface area (Å²) in [6, 6.07) is 7.15. The number of fused-ring (bicyclic) bond motifs is 3. The molecular formula is C13H11BN4O2S. The third-order valence-corrected chi connectivity index (χ3v) is 4.96. The van der Waals surface area contributed by atoms with E-state index < -0.39 is 10.0 Å². The van der Waals surface area contributed by atoms with Crippen molar-refractivity contribution in [2.24, 2.45) is 0 Å². The van der Waals surface area contributed by atoms with E-state index in [0.29, 0.717) is 16.9 Å². The van der Waals surface area contributed by atoms with E-state index in [0.717, 1.165) is 0 Å². The quantitative estimate of drug-likeness (QED) is 0.683. The van der Waals surface area contributed by atoms with Gasteiger partial charge in [0.1, 0.15) is 4.90 Å². The predicted molar refractivity (Wildman–Crippen MR) is 81.6 cm³/mol. The molecule has 0 fully saturated rings. The molecule has 2 heterocycles. The van der Waals surface area contributed by atoms with Gasteiger partial charge < -0.3 is 5.23 Å². The Labute approximate surface area is 124 Å². The largest absolute Gasteiger partial charge is 0.407 e. The average molecular weight is 298 g/mol. The first-order chi connectivity index (χ1) is 10.1. The van der Waals surface area contributed by atoms with Gasteiger partial charge in [-0.15, -0.1) is 6.58 Å². The Morgan fingerprint density at radius 2 is 2.14 bits per heavy atom. The Balaban J connectivity index is 2.35. The summed E-state index contributed by atoms with van der Waals surface area (Å²) in [5.41, 5.74) is 1.61. The van der Waals surface area contributed by atoms with Gasteiger partial charge in [0, 0.05) is 5.56 Å². The summed E-state index contributed by atoms with van der Waals surface area (Å²) >= 11 is 0. The molecule has 0 unspecified atom stereocenters. The SMILES string of the molecule is [B]Nc1ncc2c(n1)-c1ccccc1N(CC=C)S2(=O)=O. The van der Waals surface area contributed by atoms with Crippen molar-refractivity contribution in [3.05, 3.63) is 43.1 Å². The van der Waals surface area contributed by atoms with Crippen LogP contribution in [0.2, 0.25) is 0 Å². The first-order valence-corrected chi connectivity index (χ1v) is 7.60. The Hall–Kier alpha value is -2.35. The highest BCUT2D eigenvalue weighted by Crippen LogP contribution is 2.41. The van der Waals surface area contributed by atoms with E-state index in [1.54, 1.807) is 12.1 Å². The van der Waals surface area contributed by atoms with Crippen molar-refractivity contribution in [1.82, 2.24) is 9.97 Å². The number of hydrogen-bond acceptors (Lipinski definition) is 5. The number of hydrogen-bond donors (Lipinski definition) is 1. The minimum absolute atomic E-state index is 0.0575. The fourth-order valence-electron chi connectivity index (χ4n) is 2.28. The molecule has 3 rings (SSSR count). The second-order valence-electron chi connectivity index (χ2n) is 4.39. The number of rotatable bonds is 3. The van der Waals surface area contributed by atoms with Gasteiger partial charge in [-0.25, -0.2) is 18.4 Å². The van der Waals surface area contributed by atoms with E-state index in [1.807, 2.05) is 12.1 Å². The fraction of sp³-hybridized carbons (Fsp3) is 0.0769. The highest BCUT2D eigenvalue weighted by atomic mass is 32.2. The van der Waals surface area contributed by atoms with Crippen LogP contribution in [0.5, 0.6) is 0 Å². The first-order valence-electron chi connectivity index (χ1n) is 6.16. The number of para-hydroxylation sites is 1. The lowest BCUT2D eigenvalue weighted by atomic mass is 10.1. The summed E-state index contributed by atoms with van der Waals surface area (Å²) < 4.78 is 26.7. The summed E-state index contributed by atoms with van der Waals surface area (Å²) in [5, 5.41) is 2.32. The van der Waals surface area contributed by atoms with Crippen LogP contribution in [-0.4, -0.2) is 32.9 Å². The van der Waals surface area contributed by atoms with Gasteiger partial charge in [0.15, 0.2) is 0 Å². The van der Waals surface area contributed by atoms with Crippen LogP contribution in [0.25, 0.3) is 11.3 Å². The van der Waals surface area contributed by atoms with Gasteiger partial charge in [0.05, 0.1) is 24.1 Å². The highest BCUT2D eigenvalue weighted by molar-refractivity contribution is 7.93. The molecule has 2 aromatic rings. The summed E-state index contributed by atoms with van der Waals surface area (Å²) in [5.74, 6) is 0.163. The van der Waals surface area contributed by atoms with Gasteiger partial charge in [0.2, 0.25) is 13.9 Å². The number of nitrogens with zero attached hydrogens (tertiary/aromatic N) is 3. The number of aromatic nitrogens is 2. The maximum atomic E-state index is 12.7. The summed E-state index contributed by atoms with van der Waals surface area (Å²) in [7, 11) is 1.58. The van der Waals surface area contributed by atoms with Crippen molar-refractivity contribution in [3.8, 4) is 11.3 Å². The summed E-state index contributed by atoms with van der Waals surface area (Å²) in [6.07, 6.45) is 2.80. The minimum atomic E-state index is -3.71. The molecule has 0 amide bonds. The zero-order valence-electron chi connectivity index (χ0n) is 11.0. The highest BCUT2D eigenvalue weighted by Gasteiger charge is 2.35. The molecule has 21 heavy (non-hydrogen) atoms. The lowest BCUT2D eigenvalue weighted by molar-refractivity contribution is 0.591. The maximum absolute atomic E-state index is 12.7. The molecule has 1 aromatic heterocycles. The minimum Gasteiger partial charge on any atom is -0.407 e. The third-order valence-electron chi connectivity index (χ3n) is 3.18. The van der Waals surface area contributed by atoms with Gasteiger partial charge in [0.25, 0.3) is 10.0 Å². The van der Waals surface area contributed by atoms with Crippen LogP contribution in [0.4, 0.5) is 11.6 Å². The normalized spacial score (nSPS) is 15.0. The molecule has 6 nitrogen and oxygen atoms in total. The van der Waals surface area contributed by atoms with Crippen LogP contribution >= 0.6 is 0 Å². The molecule has 0 spiro atoms. The smallest absolute Gasteiger partial charge is 0.268 e. The van der Waals surface area contributed by atoms with Gasteiger partial charge in [-0.05, 0) is 6.07 Å². The van der Waals surface area contributed by atoms with Crippen molar-refractivity contribution in [1.29, 1.82) is 0 Å². The van der Waals surface area contributed by atoms with Crippen LogP contribution in [0.15, 0.2) is 48.0 Å². The number of sulfonamides is 1. The predicted octanol–water partition coefficient (Wildman–Crippen LogP) is 1.33. The Morgan fingerprint density at radius 3 is 2.86 bits per heavy atom. The number of nitrogens with one attached hydrogen (secondary N) is 1. The van der Waals surface area contributed by atoms with E-state index in [-0.39, 0.29) is 17.4 Å². The number of benzene rings is 1. The molecule has 0 atom stereocenters. The van der Waals surface area contributed by atoms with E-state index in [9.17, 15) is 8.42 Å². The van der Waals surface area contributed by atoms with Crippen molar-refractivity contribution in [3.63, 3.8) is 0 Å². The van der Waals surface area contributed by atoms with E-state index in [2.05, 4.69) is 21.8 Å². The molecule has 0 bridgehead atoms. The summed E-state index contributed by atoms with van der Waals surface area (Å²) in [4.78, 5) is 8.14. The van der Waals surface area contributed by atoms with Crippen LogP contribution < -0.4 is 9.53 Å². The Kier molecular flexibility index (Phi) is 3.17. The van der Waals surface area contributed by atoms with Crippen molar-refractivity contribution >= 4 is 29.6 Å². The van der Waals surface area contributed by atoms with Crippen LogP contribution in [-0.2, 0) is 10.0 Å². The van der Waals surface area contributed by atoms with E-state index >= 15 is 0 Å². The zero-order valence-corrected chi connectivity index (χ0v) is 11.8. The summed E-state index contributed by atoms with van der Waals surface area (Å²) in [6.45, 7) is 3.79. The van der Waals surface area contributed by atoms with Gasteiger partial charge in [-0.1, -0.05) is 24.3 Å². The van der Waals surface area contributed by atoms with Gasteiger partial charge in [-0.3, -0.25) is 4.31 Å². The molecule has 1 aliphatic heterocycles. The molecule has 1 aliphatic rings. The molecule has 1 N–H and O–H groups in total. The third kappa shape index (κ3) is 1.99. The van der Waals surface area contributed by atoms with E-state index in [4.69, 9.17) is 7.98 Å². The molecular weight excluding hydrogens is 287 g/mol. The molecule has 104 valence electrons. The maximum Gasteiger partial charge on any atom is 0.268 e. The van der Waals surface area contributed by atoms with Crippen molar-refractivity contribution < 1.29 is 8.42 Å². The lowest BCUT2D eigenvalue weighted by Crippen LogP contribution is -2.35. The first kappa shape index (κ1) is 13.6. The van der Waals surface area contributed by atoms with Crippen LogP contribution in [0, 0.1) is 0 Å². The monoisotopic (exact) mass is 298 g/mol. The van der Waals surface area contributed by atoms with Gasteiger partial charge >= 0.3 is 0 Å².